The maximum Gasteiger partial charge on any atom is 0.198 e. The average molecular weight is 725 g/mol. The van der Waals surface area contributed by atoms with E-state index in [1.807, 2.05) is 0 Å². The Hall–Kier alpha value is -5.80. The van der Waals surface area contributed by atoms with Crippen LogP contribution in [0.2, 0.25) is 0 Å². The number of benzene rings is 7. The van der Waals surface area contributed by atoms with Crippen molar-refractivity contribution in [3.8, 4) is 33.4 Å². The molecule has 0 saturated heterocycles. The number of nitrogens with zero attached hydrogens (tertiary/aromatic N) is 1. The molecule has 7 aromatic carbocycles. The molecular formula is C53H49BN2. The van der Waals surface area contributed by atoms with Crippen molar-refractivity contribution in [1.82, 2.24) is 0 Å². The lowest BCUT2D eigenvalue weighted by Gasteiger charge is -2.46. The maximum absolute atomic E-state index is 4.01. The van der Waals surface area contributed by atoms with Crippen LogP contribution >= 0.6 is 0 Å². The van der Waals surface area contributed by atoms with Gasteiger partial charge in [-0.15, -0.1) is 0 Å². The van der Waals surface area contributed by atoms with Gasteiger partial charge in [-0.1, -0.05) is 156 Å². The average Bonchev–Trinajstić information content (AvgIpc) is 3.21. The Morgan fingerprint density at radius 2 is 1.07 bits per heavy atom. The molecule has 1 N–H and O–H groups in total. The number of nitrogens with one attached hydrogen (secondary N) is 1. The van der Waals surface area contributed by atoms with Gasteiger partial charge in [-0.2, -0.15) is 0 Å². The molecule has 0 radical (unpaired) electrons. The molecule has 0 amide bonds. The highest BCUT2D eigenvalue weighted by molar-refractivity contribution is 6.73. The highest BCUT2D eigenvalue weighted by atomic mass is 15.2. The second-order valence-electron chi connectivity index (χ2n) is 18.1. The number of hydrogen-bond donors (Lipinski definition) is 1. The summed E-state index contributed by atoms with van der Waals surface area (Å²) in [6.07, 6.45) is 2.33. The third kappa shape index (κ3) is 5.46. The van der Waals surface area contributed by atoms with E-state index in [0.717, 1.165) is 18.7 Å². The maximum atomic E-state index is 4.01. The van der Waals surface area contributed by atoms with Gasteiger partial charge in [0.2, 0.25) is 0 Å². The molecule has 56 heavy (non-hydrogen) atoms. The lowest BCUT2D eigenvalue weighted by Crippen LogP contribution is -2.45. The van der Waals surface area contributed by atoms with E-state index in [0.29, 0.717) is 0 Å². The standard InChI is InChI=1S/C53H49BN2/c1-51(2)28-29-52(3,4)44-33-46(55-38-26-24-36(25-27-38)34-16-9-7-10-17-34)39(32-43(44)51)40-30-37(35-18-11-8-12-19-35)31-48-49(40)54-45-22-15-21-42-50(45)56(48)47-23-14-13-20-41(47)53(42,5)6/h7-27,30-33,54-55H,28-29H2,1-6H3. The predicted molar refractivity (Wildman–Crippen MR) is 241 cm³/mol. The molecule has 274 valence electrons. The molecule has 2 nitrogen and oxygen atoms in total. The van der Waals surface area contributed by atoms with Crippen LogP contribution in [0.15, 0.2) is 152 Å². The molecule has 0 unspecified atom stereocenters. The van der Waals surface area contributed by atoms with Gasteiger partial charge in [0.05, 0.1) is 5.69 Å². The van der Waals surface area contributed by atoms with Crippen LogP contribution in [0.1, 0.15) is 76.6 Å². The minimum absolute atomic E-state index is 0.0610. The number of para-hydroxylation sites is 2. The summed E-state index contributed by atoms with van der Waals surface area (Å²) in [5.74, 6) is 0. The Balaban J connectivity index is 1.24. The summed E-state index contributed by atoms with van der Waals surface area (Å²) < 4.78 is 0. The van der Waals surface area contributed by atoms with E-state index < -0.39 is 0 Å². The molecule has 0 atom stereocenters. The van der Waals surface area contributed by atoms with E-state index in [-0.39, 0.29) is 16.2 Å². The summed E-state index contributed by atoms with van der Waals surface area (Å²) in [4.78, 5) is 2.60. The van der Waals surface area contributed by atoms with Crippen molar-refractivity contribution in [2.24, 2.45) is 0 Å². The zero-order valence-corrected chi connectivity index (χ0v) is 33.5. The fourth-order valence-corrected chi connectivity index (χ4v) is 9.96. The first-order valence-corrected chi connectivity index (χ1v) is 20.4. The van der Waals surface area contributed by atoms with Gasteiger partial charge < -0.3 is 10.2 Å². The van der Waals surface area contributed by atoms with E-state index in [9.17, 15) is 0 Å². The van der Waals surface area contributed by atoms with Gasteiger partial charge in [-0.25, -0.2) is 0 Å². The molecule has 7 aromatic rings. The largest absolute Gasteiger partial charge is 0.355 e. The molecule has 2 aliphatic heterocycles. The minimum atomic E-state index is -0.111. The van der Waals surface area contributed by atoms with Crippen LogP contribution in [0.4, 0.5) is 28.4 Å². The second kappa shape index (κ2) is 12.6. The zero-order valence-electron chi connectivity index (χ0n) is 33.5. The Kier molecular flexibility index (Phi) is 7.81. The SMILES string of the molecule is CC1(C)CCC(C)(C)c2cc(-c3cc(-c4ccccc4)cc4c3Bc3cccc5c3N4c3ccccc3C5(C)C)c(Nc3ccc(-c4ccccc4)cc3)cc21. The van der Waals surface area contributed by atoms with E-state index in [1.165, 1.54) is 96.5 Å². The summed E-state index contributed by atoms with van der Waals surface area (Å²) in [6.45, 7) is 14.5. The fraction of sp³-hybridized carbons (Fsp3) is 0.208. The monoisotopic (exact) mass is 724 g/mol. The molecule has 0 aromatic heterocycles. The van der Waals surface area contributed by atoms with Gasteiger partial charge in [-0.05, 0) is 122 Å². The minimum Gasteiger partial charge on any atom is -0.355 e. The number of rotatable bonds is 5. The van der Waals surface area contributed by atoms with Crippen molar-refractivity contribution in [2.45, 2.75) is 70.6 Å². The van der Waals surface area contributed by atoms with Crippen molar-refractivity contribution in [3.05, 3.63) is 174 Å². The summed E-state index contributed by atoms with van der Waals surface area (Å²) in [7, 11) is 0.870. The molecule has 2 heterocycles. The number of fused-ring (bicyclic) bond motifs is 5. The summed E-state index contributed by atoms with van der Waals surface area (Å²) in [6, 6.07) is 56.6. The van der Waals surface area contributed by atoms with Crippen molar-refractivity contribution >= 4 is 46.6 Å². The summed E-state index contributed by atoms with van der Waals surface area (Å²) >= 11 is 0. The van der Waals surface area contributed by atoms with Gasteiger partial charge in [0.25, 0.3) is 0 Å². The van der Waals surface area contributed by atoms with Gasteiger partial charge in [0.1, 0.15) is 0 Å². The van der Waals surface area contributed by atoms with Crippen molar-refractivity contribution in [2.75, 3.05) is 10.2 Å². The van der Waals surface area contributed by atoms with Crippen LogP contribution in [0.25, 0.3) is 33.4 Å². The van der Waals surface area contributed by atoms with Crippen LogP contribution in [0.3, 0.4) is 0 Å². The predicted octanol–water partition coefficient (Wildman–Crippen LogP) is 12.6. The van der Waals surface area contributed by atoms with Gasteiger partial charge >= 0.3 is 0 Å². The van der Waals surface area contributed by atoms with Crippen LogP contribution in [0, 0.1) is 0 Å². The first-order valence-electron chi connectivity index (χ1n) is 20.4. The molecule has 1 aliphatic carbocycles. The molecule has 3 heteroatoms. The van der Waals surface area contributed by atoms with E-state index in [2.05, 4.69) is 203 Å². The smallest absolute Gasteiger partial charge is 0.198 e. The molecule has 3 aliphatic rings. The topological polar surface area (TPSA) is 15.3 Å². The Morgan fingerprint density at radius 3 is 1.77 bits per heavy atom. The number of hydrogen-bond acceptors (Lipinski definition) is 2. The highest BCUT2D eigenvalue weighted by Gasteiger charge is 2.42. The quantitative estimate of drug-likeness (QED) is 0.178. The Bertz CT molecular complexity index is 2650. The normalized spacial score (nSPS) is 16.4. The first kappa shape index (κ1) is 34.7. The lowest BCUT2D eigenvalue weighted by atomic mass is 9.55. The highest BCUT2D eigenvalue weighted by Crippen LogP contribution is 2.54. The second-order valence-corrected chi connectivity index (χ2v) is 18.1. The Labute approximate surface area is 333 Å². The van der Waals surface area contributed by atoms with Gasteiger partial charge in [0.15, 0.2) is 7.28 Å². The van der Waals surface area contributed by atoms with Crippen LogP contribution < -0.4 is 21.1 Å². The zero-order chi connectivity index (χ0) is 38.4. The van der Waals surface area contributed by atoms with Gasteiger partial charge in [-0.3, -0.25) is 0 Å². The van der Waals surface area contributed by atoms with Crippen LogP contribution in [-0.4, -0.2) is 7.28 Å². The van der Waals surface area contributed by atoms with E-state index >= 15 is 0 Å². The first-order chi connectivity index (χ1) is 27.0. The van der Waals surface area contributed by atoms with Crippen molar-refractivity contribution in [3.63, 3.8) is 0 Å². The molecular weight excluding hydrogens is 675 g/mol. The third-order valence-corrected chi connectivity index (χ3v) is 13.3. The van der Waals surface area contributed by atoms with Crippen LogP contribution in [0.5, 0.6) is 0 Å². The summed E-state index contributed by atoms with van der Waals surface area (Å²) in [5, 5.41) is 4.01. The number of anilines is 5. The Morgan fingerprint density at radius 1 is 0.482 bits per heavy atom. The van der Waals surface area contributed by atoms with Crippen molar-refractivity contribution in [1.29, 1.82) is 0 Å². The van der Waals surface area contributed by atoms with Gasteiger partial charge in [0, 0.05) is 33.7 Å². The van der Waals surface area contributed by atoms with E-state index in [4.69, 9.17) is 0 Å². The molecule has 0 spiro atoms. The molecule has 0 fully saturated rings. The molecule has 10 rings (SSSR count). The van der Waals surface area contributed by atoms with E-state index in [1.54, 1.807) is 0 Å². The fourth-order valence-electron chi connectivity index (χ4n) is 9.96. The molecule has 0 saturated carbocycles. The third-order valence-electron chi connectivity index (χ3n) is 13.3. The van der Waals surface area contributed by atoms with Crippen molar-refractivity contribution < 1.29 is 0 Å². The molecule has 0 bridgehead atoms. The lowest BCUT2D eigenvalue weighted by molar-refractivity contribution is 0.332. The summed E-state index contributed by atoms with van der Waals surface area (Å²) in [5.41, 5.74) is 22.1. The van der Waals surface area contributed by atoms with Crippen LogP contribution in [-0.2, 0) is 16.2 Å².